The Labute approximate surface area is 104 Å². The van der Waals surface area contributed by atoms with Crippen LogP contribution in [0.15, 0.2) is 35.8 Å². The fourth-order valence-electron chi connectivity index (χ4n) is 1.22. The molecule has 0 aliphatic heterocycles. The minimum absolute atomic E-state index is 0. The second-order valence-corrected chi connectivity index (χ2v) is 2.94. The second-order valence-electron chi connectivity index (χ2n) is 2.94. The van der Waals surface area contributed by atoms with Crippen molar-refractivity contribution in [3.63, 3.8) is 0 Å². The van der Waals surface area contributed by atoms with Crippen molar-refractivity contribution in [3.8, 4) is 0 Å². The number of hydrogen-bond donors (Lipinski definition) is 2. The van der Waals surface area contributed by atoms with Crippen LogP contribution in [-0.4, -0.2) is 46.3 Å². The Morgan fingerprint density at radius 2 is 2.33 bits per heavy atom. The number of allylic oxidation sites excluding steroid dienone is 4. The lowest BCUT2D eigenvalue weighted by molar-refractivity contribution is -0.131. The van der Waals surface area contributed by atoms with Gasteiger partial charge >= 0.3 is 29.0 Å². The van der Waals surface area contributed by atoms with Gasteiger partial charge in [-0.1, -0.05) is 12.2 Å². The molecule has 0 fully saturated rings. The van der Waals surface area contributed by atoms with Crippen LogP contribution in [0, 0.1) is 5.92 Å². The van der Waals surface area contributed by atoms with Gasteiger partial charge in [-0.15, -0.1) is 0 Å². The van der Waals surface area contributed by atoms with Crippen molar-refractivity contribution in [2.75, 3.05) is 7.11 Å². The van der Waals surface area contributed by atoms with Crippen LogP contribution in [0.25, 0.3) is 0 Å². The topological polar surface area (TPSA) is 66.8 Å². The third-order valence-electron chi connectivity index (χ3n) is 1.94. The maximum absolute atomic E-state index is 10.3. The van der Waals surface area contributed by atoms with Gasteiger partial charge in [0.2, 0.25) is 0 Å². The number of rotatable bonds is 3. The summed E-state index contributed by atoms with van der Waals surface area (Å²) < 4.78 is 4.94. The first-order valence-electron chi connectivity index (χ1n) is 4.19. The summed E-state index contributed by atoms with van der Waals surface area (Å²) in [5.41, 5.74) is 0. The van der Waals surface area contributed by atoms with Crippen molar-refractivity contribution < 1.29 is 19.7 Å². The molecule has 80 valence electrons. The summed E-state index contributed by atoms with van der Waals surface area (Å²) >= 11 is 0. The summed E-state index contributed by atoms with van der Waals surface area (Å²) in [6, 6.07) is 0. The van der Waals surface area contributed by atoms with Gasteiger partial charge in [0, 0.05) is 18.4 Å². The molecule has 15 heavy (non-hydrogen) atoms. The SMILES string of the molecule is COC1=C(O)C=CC(C=CC(=O)O)C1.[MgH2]. The first kappa shape index (κ1) is 14.1. The van der Waals surface area contributed by atoms with Gasteiger partial charge in [0.25, 0.3) is 0 Å². The Balaban J connectivity index is 0.00000196. The summed E-state index contributed by atoms with van der Waals surface area (Å²) in [5, 5.41) is 17.7. The van der Waals surface area contributed by atoms with Crippen molar-refractivity contribution in [1.82, 2.24) is 0 Å². The van der Waals surface area contributed by atoms with E-state index in [2.05, 4.69) is 0 Å². The van der Waals surface area contributed by atoms with Gasteiger partial charge < -0.3 is 14.9 Å². The molecule has 1 aliphatic carbocycles. The van der Waals surface area contributed by atoms with Gasteiger partial charge in [-0.2, -0.15) is 0 Å². The largest absolute Gasteiger partial charge is 0.504 e. The fourth-order valence-corrected chi connectivity index (χ4v) is 1.22. The zero-order chi connectivity index (χ0) is 10.6. The first-order valence-corrected chi connectivity index (χ1v) is 4.19. The molecule has 0 bridgehead atoms. The highest BCUT2D eigenvalue weighted by atomic mass is 24.3. The zero-order valence-electron chi connectivity index (χ0n) is 7.80. The van der Waals surface area contributed by atoms with Crippen molar-refractivity contribution >= 4 is 29.0 Å². The summed E-state index contributed by atoms with van der Waals surface area (Å²) in [6.45, 7) is 0. The van der Waals surface area contributed by atoms with Crippen molar-refractivity contribution in [1.29, 1.82) is 0 Å². The number of aliphatic carboxylic acids is 1. The minimum Gasteiger partial charge on any atom is -0.504 e. The highest BCUT2D eigenvalue weighted by Crippen LogP contribution is 2.23. The standard InChI is InChI=1S/C10H12O4.Mg.2H/c1-14-9-6-7(2-4-8(9)11)3-5-10(12)13;;;/h2-5,7,11H,6H2,1H3,(H,12,13);;;. The monoisotopic (exact) mass is 222 g/mol. The quantitative estimate of drug-likeness (QED) is 0.545. The van der Waals surface area contributed by atoms with Gasteiger partial charge in [-0.25, -0.2) is 4.79 Å². The van der Waals surface area contributed by atoms with Crippen molar-refractivity contribution in [3.05, 3.63) is 35.8 Å². The maximum Gasteiger partial charge on any atom is 0.327 e. The van der Waals surface area contributed by atoms with Crippen LogP contribution < -0.4 is 0 Å². The summed E-state index contributed by atoms with van der Waals surface area (Å²) in [5.74, 6) is -0.423. The molecule has 0 saturated heterocycles. The number of carbonyl (C=O) groups is 1. The number of ether oxygens (including phenoxy) is 1. The zero-order valence-corrected chi connectivity index (χ0v) is 7.80. The van der Waals surface area contributed by atoms with E-state index < -0.39 is 5.97 Å². The average Bonchev–Trinajstić information content (AvgIpc) is 2.16. The van der Waals surface area contributed by atoms with Crippen LogP contribution in [0.4, 0.5) is 0 Å². The molecule has 0 amide bonds. The van der Waals surface area contributed by atoms with Crippen LogP contribution in [-0.2, 0) is 9.53 Å². The van der Waals surface area contributed by atoms with Crippen LogP contribution in [0.5, 0.6) is 0 Å². The van der Waals surface area contributed by atoms with Crippen LogP contribution in [0.1, 0.15) is 6.42 Å². The van der Waals surface area contributed by atoms with Gasteiger partial charge in [0.1, 0.15) is 5.76 Å². The fraction of sp³-hybridized carbons (Fsp3) is 0.300. The van der Waals surface area contributed by atoms with E-state index in [1.165, 1.54) is 13.2 Å². The molecule has 1 atom stereocenters. The van der Waals surface area contributed by atoms with Crippen LogP contribution in [0.2, 0.25) is 0 Å². The number of carboxylic acids is 1. The van der Waals surface area contributed by atoms with Crippen LogP contribution >= 0.6 is 0 Å². The minimum atomic E-state index is -0.976. The average molecular weight is 223 g/mol. The molecule has 0 saturated carbocycles. The molecule has 0 spiro atoms. The van der Waals surface area contributed by atoms with Gasteiger partial charge in [0.15, 0.2) is 5.76 Å². The van der Waals surface area contributed by atoms with E-state index in [-0.39, 0.29) is 34.7 Å². The third kappa shape index (κ3) is 4.39. The number of aliphatic hydroxyl groups excluding tert-OH is 1. The number of hydrogen-bond acceptors (Lipinski definition) is 3. The maximum atomic E-state index is 10.3. The lowest BCUT2D eigenvalue weighted by Crippen LogP contribution is -2.05. The van der Waals surface area contributed by atoms with E-state index >= 15 is 0 Å². The molecule has 0 aromatic rings. The van der Waals surface area contributed by atoms with E-state index in [9.17, 15) is 9.90 Å². The molecule has 1 unspecified atom stereocenters. The summed E-state index contributed by atoms with van der Waals surface area (Å²) in [7, 11) is 1.47. The molecule has 4 nitrogen and oxygen atoms in total. The normalized spacial score (nSPS) is 20.2. The molecular formula is C10H14MgO4. The molecule has 1 rings (SSSR count). The summed E-state index contributed by atoms with van der Waals surface area (Å²) in [4.78, 5) is 10.3. The number of aliphatic hydroxyl groups is 1. The van der Waals surface area contributed by atoms with Crippen LogP contribution in [0.3, 0.4) is 0 Å². The second kappa shape index (κ2) is 6.52. The Hall–Kier alpha value is -0.944. The predicted molar refractivity (Wildman–Crippen MR) is 59.2 cm³/mol. The Morgan fingerprint density at radius 3 is 2.87 bits per heavy atom. The molecular weight excluding hydrogens is 208 g/mol. The number of carboxylic acid groups (broad SMARTS) is 1. The highest BCUT2D eigenvalue weighted by molar-refractivity contribution is 5.79. The lowest BCUT2D eigenvalue weighted by atomic mass is 9.98. The Bertz CT molecular complexity index is 317. The van der Waals surface area contributed by atoms with E-state index in [0.29, 0.717) is 12.2 Å². The molecule has 0 heterocycles. The smallest absolute Gasteiger partial charge is 0.327 e. The van der Waals surface area contributed by atoms with E-state index in [1.54, 1.807) is 12.2 Å². The Morgan fingerprint density at radius 1 is 1.67 bits per heavy atom. The molecule has 0 radical (unpaired) electrons. The Kier molecular flexibility index (Phi) is 6.11. The highest BCUT2D eigenvalue weighted by Gasteiger charge is 2.14. The van der Waals surface area contributed by atoms with Gasteiger partial charge in [0.05, 0.1) is 7.11 Å². The predicted octanol–water partition coefficient (Wildman–Crippen LogP) is 0.703. The van der Waals surface area contributed by atoms with E-state index in [0.717, 1.165) is 6.08 Å². The lowest BCUT2D eigenvalue weighted by Gasteiger charge is -2.15. The van der Waals surface area contributed by atoms with E-state index in [1.807, 2.05) is 0 Å². The number of methoxy groups -OCH3 is 1. The molecule has 5 heteroatoms. The third-order valence-corrected chi connectivity index (χ3v) is 1.94. The van der Waals surface area contributed by atoms with Crippen molar-refractivity contribution in [2.24, 2.45) is 5.92 Å². The van der Waals surface area contributed by atoms with Gasteiger partial charge in [-0.05, 0) is 6.08 Å². The first-order chi connectivity index (χ1) is 6.63. The molecule has 0 aromatic heterocycles. The molecule has 2 N–H and O–H groups in total. The van der Waals surface area contributed by atoms with Gasteiger partial charge in [-0.3, -0.25) is 0 Å². The van der Waals surface area contributed by atoms with E-state index in [4.69, 9.17) is 9.84 Å². The van der Waals surface area contributed by atoms with Crippen molar-refractivity contribution in [2.45, 2.75) is 6.42 Å². The molecule has 1 aliphatic rings. The molecule has 0 aromatic carbocycles. The summed E-state index contributed by atoms with van der Waals surface area (Å²) in [6.07, 6.45) is 6.38.